The van der Waals surface area contributed by atoms with Crippen molar-refractivity contribution < 1.29 is 57.0 Å². The Morgan fingerprint density at radius 1 is 1.17 bits per heavy atom. The van der Waals surface area contributed by atoms with Gasteiger partial charge in [-0.1, -0.05) is 44.9 Å². The van der Waals surface area contributed by atoms with Gasteiger partial charge in [-0.3, -0.25) is 23.8 Å². The number of aromatic nitrogens is 3. The Kier molecular flexibility index (Phi) is 12.0. The van der Waals surface area contributed by atoms with Crippen LogP contribution in [-0.4, -0.2) is 77.7 Å². The maximum Gasteiger partial charge on any atom is 0.471 e. The van der Waals surface area contributed by atoms with E-state index in [9.17, 15) is 29.4 Å². The zero-order valence-corrected chi connectivity index (χ0v) is 28.1. The average molecular weight is 713 g/mol. The van der Waals surface area contributed by atoms with Gasteiger partial charge in [0.1, 0.15) is 54.7 Å². The number of phosphoric acid groups is 1. The van der Waals surface area contributed by atoms with Gasteiger partial charge < -0.3 is 34.0 Å². The number of fused-ring (bicyclic) bond motifs is 1. The number of carbonyl (C=O) groups excluding carboxylic acids is 1. The number of nitrogens with zero attached hydrogens (tertiary/aromatic N) is 4. The van der Waals surface area contributed by atoms with E-state index in [1.54, 1.807) is 18.2 Å². The second-order valence-corrected chi connectivity index (χ2v) is 13.9. The number of nitrogens with one attached hydrogen (secondary N) is 2. The molecule has 3 heterocycles. The third-order valence-corrected chi connectivity index (χ3v) is 9.86. The summed E-state index contributed by atoms with van der Waals surface area (Å²) < 4.78 is 54.1. The Bertz CT molecular complexity index is 1770. The van der Waals surface area contributed by atoms with Crippen LogP contribution >= 0.6 is 15.6 Å². The molecule has 3 aromatic rings. The average Bonchev–Trinajstić information content (AvgIpc) is 3.59. The van der Waals surface area contributed by atoms with Crippen LogP contribution in [0.2, 0.25) is 0 Å². The van der Waals surface area contributed by atoms with Crippen molar-refractivity contribution in [2.45, 2.75) is 70.3 Å². The number of phosphoric ester groups is 1. The van der Waals surface area contributed by atoms with E-state index >= 15 is 0 Å². The van der Waals surface area contributed by atoms with E-state index < -0.39 is 64.8 Å². The summed E-state index contributed by atoms with van der Waals surface area (Å²) in [6.07, 6.45) is -2.49. The summed E-state index contributed by atoms with van der Waals surface area (Å²) in [6, 6.07) is 11.3. The van der Waals surface area contributed by atoms with Crippen LogP contribution in [0, 0.1) is 22.7 Å². The molecule has 0 aliphatic carbocycles. The summed E-state index contributed by atoms with van der Waals surface area (Å²) in [5, 5.41) is 47.4. The number of nitriles is 1. The summed E-state index contributed by atoms with van der Waals surface area (Å²) in [5.74, 6) is -0.416. The molecule has 6 atom stereocenters. The van der Waals surface area contributed by atoms with Crippen molar-refractivity contribution in [2.75, 3.05) is 13.2 Å². The van der Waals surface area contributed by atoms with Gasteiger partial charge in [0.15, 0.2) is 5.49 Å². The molecule has 262 valence electrons. The number of hydrogen-bond acceptors (Lipinski definition) is 13. The third-order valence-electron chi connectivity index (χ3n) is 7.76. The number of para-hydroxylation sites is 1. The lowest BCUT2D eigenvalue weighted by molar-refractivity contribution is -0.146. The summed E-state index contributed by atoms with van der Waals surface area (Å²) in [5.41, 5.74) is -2.64. The van der Waals surface area contributed by atoms with Gasteiger partial charge in [-0.2, -0.15) is 15.4 Å². The van der Waals surface area contributed by atoms with Gasteiger partial charge >= 0.3 is 21.5 Å². The van der Waals surface area contributed by atoms with Crippen LogP contribution in [0.15, 0.2) is 48.8 Å². The monoisotopic (exact) mass is 712 g/mol. The minimum atomic E-state index is -4.85. The topological polar surface area (TPSA) is 260 Å². The van der Waals surface area contributed by atoms with Crippen molar-refractivity contribution in [3.63, 3.8) is 0 Å². The molecular formula is C28H38N6O12P2. The highest BCUT2D eigenvalue weighted by Gasteiger charge is 2.58. The van der Waals surface area contributed by atoms with Gasteiger partial charge in [0.05, 0.1) is 18.9 Å². The minimum Gasteiger partial charge on any atom is -0.464 e. The molecule has 4 rings (SSSR count). The van der Waals surface area contributed by atoms with Gasteiger partial charge in [0.25, 0.3) is 0 Å². The van der Waals surface area contributed by atoms with Crippen LogP contribution in [0.1, 0.15) is 39.3 Å². The quantitative estimate of drug-likeness (QED) is 0.0912. The molecule has 0 amide bonds. The normalized spacial score (nSPS) is 23.1. The van der Waals surface area contributed by atoms with E-state index in [2.05, 4.69) is 14.7 Å². The number of rotatable bonds is 16. The summed E-state index contributed by atoms with van der Waals surface area (Å²) in [4.78, 5) is 30.7. The highest BCUT2D eigenvalue weighted by molar-refractivity contribution is 7.52. The number of aliphatic hydroxyl groups is 2. The van der Waals surface area contributed by atoms with Crippen LogP contribution < -0.4 is 15.1 Å². The van der Waals surface area contributed by atoms with E-state index in [0.29, 0.717) is 0 Å². The lowest BCUT2D eigenvalue weighted by Crippen LogP contribution is -2.41. The summed E-state index contributed by atoms with van der Waals surface area (Å²) in [7, 11) is -9.26. The molecule has 18 nitrogen and oxygen atoms in total. The molecule has 0 unspecified atom stereocenters. The molecule has 1 aromatic carbocycles. The van der Waals surface area contributed by atoms with Gasteiger partial charge in [-0.15, -0.1) is 0 Å². The largest absolute Gasteiger partial charge is 0.471 e. The molecule has 6 N–H and O–H groups in total. The van der Waals surface area contributed by atoms with Gasteiger partial charge in [-0.05, 0) is 37.1 Å². The van der Waals surface area contributed by atoms with E-state index in [1.807, 2.05) is 19.9 Å². The zero-order valence-electron chi connectivity index (χ0n) is 26.3. The fourth-order valence-electron chi connectivity index (χ4n) is 4.90. The third kappa shape index (κ3) is 8.39. The standard InChI is InChI=1S/C28H38N6O12P2/c1-4-19(5-2)13-42-27(37)18(3)32-47(38,46-20-9-7-6-8-10-20)43-14-22-24(35)25(36)28(15-29,45-22)23-12-11-21-26(30)33(16-31-34(21)23)17-44-48(39,40)41/h6-12,16,18-19,22,24-25,30,35-36H,4-5,13-14,17H2,1-3H3,(H,32,38)(H2,39,40,41)/t18-,22+,24+,25+,28-,47-/m0/s1. The van der Waals surface area contributed by atoms with Crippen molar-refractivity contribution in [3.8, 4) is 11.8 Å². The molecule has 0 spiro atoms. The summed E-state index contributed by atoms with van der Waals surface area (Å²) >= 11 is 0. The number of ether oxygens (including phenoxy) is 2. The SMILES string of the molecule is CCC(CC)COC(=O)[C@H](C)N[P@](=O)(OC[C@H]1O[C@@](C#N)(c2ccc3c(=N)n(COP(=O)(O)O)cnn23)[C@H](O)[C@@H]1O)Oc1ccccc1. The molecule has 20 heteroatoms. The van der Waals surface area contributed by atoms with Crippen LogP contribution in [0.4, 0.5) is 0 Å². The lowest BCUT2D eigenvalue weighted by Gasteiger charge is -2.25. The van der Waals surface area contributed by atoms with E-state index in [4.69, 9.17) is 33.7 Å². The molecule has 2 aromatic heterocycles. The molecule has 0 bridgehead atoms. The predicted molar refractivity (Wildman–Crippen MR) is 165 cm³/mol. The van der Waals surface area contributed by atoms with Gasteiger partial charge in [-0.25, -0.2) is 13.6 Å². The number of esters is 1. The van der Waals surface area contributed by atoms with E-state index in [1.165, 1.54) is 31.2 Å². The molecule has 0 radical (unpaired) electrons. The van der Waals surface area contributed by atoms with E-state index in [0.717, 1.165) is 28.3 Å². The Labute approximate surface area is 275 Å². The first-order valence-electron chi connectivity index (χ1n) is 14.9. The maximum atomic E-state index is 14.0. The van der Waals surface area contributed by atoms with Gasteiger partial charge in [0, 0.05) is 0 Å². The molecule has 1 saturated heterocycles. The summed E-state index contributed by atoms with van der Waals surface area (Å²) in [6.45, 7) is 4.14. The van der Waals surface area contributed by atoms with Crippen molar-refractivity contribution in [1.82, 2.24) is 19.3 Å². The highest BCUT2D eigenvalue weighted by atomic mass is 31.2. The first-order valence-corrected chi connectivity index (χ1v) is 17.9. The van der Waals surface area contributed by atoms with Gasteiger partial charge in [0.2, 0.25) is 5.60 Å². The first-order chi connectivity index (χ1) is 22.7. The molecule has 1 aliphatic rings. The van der Waals surface area contributed by atoms with Crippen molar-refractivity contribution >= 4 is 27.1 Å². The molecule has 1 aliphatic heterocycles. The minimum absolute atomic E-state index is 0.0384. The van der Waals surface area contributed by atoms with Crippen LogP contribution in [0.5, 0.6) is 5.75 Å². The fraction of sp³-hybridized carbons (Fsp3) is 0.500. The second kappa shape index (κ2) is 15.4. The Hall–Kier alpha value is -3.46. The van der Waals surface area contributed by atoms with Crippen molar-refractivity contribution in [1.29, 1.82) is 10.7 Å². The fourth-order valence-corrected chi connectivity index (χ4v) is 6.68. The van der Waals surface area contributed by atoms with Crippen LogP contribution in [-0.2, 0) is 44.8 Å². The van der Waals surface area contributed by atoms with E-state index in [-0.39, 0.29) is 35.0 Å². The molecular weight excluding hydrogens is 674 g/mol. The van der Waals surface area contributed by atoms with Crippen LogP contribution in [0.3, 0.4) is 0 Å². The predicted octanol–water partition coefficient (Wildman–Crippen LogP) is 1.68. The Morgan fingerprint density at radius 2 is 1.85 bits per heavy atom. The van der Waals surface area contributed by atoms with Crippen molar-refractivity contribution in [3.05, 3.63) is 60.0 Å². The second-order valence-electron chi connectivity index (χ2n) is 11.0. The maximum absolute atomic E-state index is 14.0. The molecule has 1 fully saturated rings. The number of hydrogen-bond donors (Lipinski definition) is 6. The number of benzene rings is 1. The molecule has 0 saturated carbocycles. The number of carbonyl (C=O) groups is 1. The van der Waals surface area contributed by atoms with Crippen molar-refractivity contribution in [2.24, 2.45) is 5.92 Å². The Balaban J connectivity index is 1.56. The highest BCUT2D eigenvalue weighted by Crippen LogP contribution is 2.47. The zero-order chi connectivity index (χ0) is 35.3. The lowest BCUT2D eigenvalue weighted by atomic mass is 9.92. The first kappa shape index (κ1) is 37.4. The number of aliphatic hydroxyl groups excluding tert-OH is 2. The Morgan fingerprint density at radius 3 is 2.48 bits per heavy atom. The smallest absolute Gasteiger partial charge is 0.464 e. The van der Waals surface area contributed by atoms with Crippen LogP contribution in [0.25, 0.3) is 5.52 Å². The molecule has 48 heavy (non-hydrogen) atoms.